The van der Waals surface area contributed by atoms with Crippen molar-refractivity contribution in [3.8, 4) is 0 Å². The van der Waals surface area contributed by atoms with E-state index in [0.29, 0.717) is 19.3 Å². The van der Waals surface area contributed by atoms with Gasteiger partial charge in [-0.05, 0) is 141 Å². The molecule has 0 saturated heterocycles. The molecule has 0 heterocycles. The highest BCUT2D eigenvalue weighted by atomic mass is 16.6. The van der Waals surface area contributed by atoms with Gasteiger partial charge in [0.05, 0.1) is 0 Å². The second-order valence-corrected chi connectivity index (χ2v) is 21.6. The van der Waals surface area contributed by atoms with Crippen LogP contribution in [0.2, 0.25) is 0 Å². The van der Waals surface area contributed by atoms with Crippen molar-refractivity contribution in [2.45, 2.75) is 303 Å². The van der Waals surface area contributed by atoms with Crippen LogP contribution in [-0.4, -0.2) is 37.2 Å². The molecule has 0 rings (SSSR count). The molecule has 0 aromatic heterocycles. The highest BCUT2D eigenvalue weighted by molar-refractivity contribution is 5.71. The first kappa shape index (κ1) is 75.5. The molecular weight excluding hydrogens is 985 g/mol. The highest BCUT2D eigenvalue weighted by Gasteiger charge is 2.19. The number of esters is 3. The third-order valence-electron chi connectivity index (χ3n) is 13.9. The SMILES string of the molecule is CC/C=C\C/C=C\C/C=C\C/C=C\C/C=C\C/C=C\C/C=C\CCCCCCCCCC(=O)OCC(COC(=O)CCCCCCC/C=C\CCCCC)OC(=O)CCCCCCCC/C=C\C/C=C\C/C=C\CCCCCCC. The molecule has 0 fully saturated rings. The molecule has 0 N–H and O–H groups in total. The smallest absolute Gasteiger partial charge is 0.306 e. The fourth-order valence-corrected chi connectivity index (χ4v) is 8.89. The van der Waals surface area contributed by atoms with Crippen molar-refractivity contribution in [3.05, 3.63) is 134 Å². The molecule has 0 amide bonds. The first-order chi connectivity index (χ1) is 39.5. The lowest BCUT2D eigenvalue weighted by molar-refractivity contribution is -0.167. The fourth-order valence-electron chi connectivity index (χ4n) is 8.89. The van der Waals surface area contributed by atoms with Crippen molar-refractivity contribution in [1.82, 2.24) is 0 Å². The molecule has 0 aliphatic carbocycles. The fraction of sp³-hybridized carbons (Fsp3) is 0.662. The van der Waals surface area contributed by atoms with E-state index in [1.54, 1.807) is 0 Å². The number of allylic oxidation sites excluding steroid dienone is 22. The maximum absolute atomic E-state index is 12.9. The number of rotatable bonds is 59. The Hall–Kier alpha value is -4.45. The van der Waals surface area contributed by atoms with Crippen LogP contribution in [0.1, 0.15) is 297 Å². The van der Waals surface area contributed by atoms with Crippen LogP contribution in [0.15, 0.2) is 134 Å². The molecule has 0 aromatic rings. The summed E-state index contributed by atoms with van der Waals surface area (Å²) in [6.45, 7) is 6.47. The van der Waals surface area contributed by atoms with Gasteiger partial charge in [-0.3, -0.25) is 14.4 Å². The highest BCUT2D eigenvalue weighted by Crippen LogP contribution is 2.15. The van der Waals surface area contributed by atoms with E-state index in [9.17, 15) is 14.4 Å². The topological polar surface area (TPSA) is 78.9 Å². The van der Waals surface area contributed by atoms with Gasteiger partial charge in [-0.15, -0.1) is 0 Å². The summed E-state index contributed by atoms with van der Waals surface area (Å²) in [7, 11) is 0. The average molecular weight is 1110 g/mol. The zero-order valence-corrected chi connectivity index (χ0v) is 52.0. The molecule has 80 heavy (non-hydrogen) atoms. The summed E-state index contributed by atoms with van der Waals surface area (Å²) in [5, 5.41) is 0. The quantitative estimate of drug-likeness (QED) is 0.0261. The molecular formula is C74H122O6. The number of ether oxygens (including phenoxy) is 3. The molecule has 1 atom stereocenters. The lowest BCUT2D eigenvalue weighted by Crippen LogP contribution is -2.30. The van der Waals surface area contributed by atoms with Gasteiger partial charge in [0.2, 0.25) is 0 Å². The molecule has 0 aliphatic rings. The summed E-state index contributed by atoms with van der Waals surface area (Å²) in [6.07, 6.45) is 94.6. The van der Waals surface area contributed by atoms with E-state index in [0.717, 1.165) is 148 Å². The second kappa shape index (κ2) is 67.1. The zero-order valence-electron chi connectivity index (χ0n) is 52.0. The molecule has 454 valence electrons. The Bertz CT molecular complexity index is 1700. The maximum atomic E-state index is 12.9. The van der Waals surface area contributed by atoms with Gasteiger partial charge in [0.1, 0.15) is 13.2 Å². The van der Waals surface area contributed by atoms with E-state index < -0.39 is 6.10 Å². The van der Waals surface area contributed by atoms with E-state index in [1.165, 1.54) is 109 Å². The molecule has 6 heteroatoms. The number of carbonyl (C=O) groups excluding carboxylic acids is 3. The van der Waals surface area contributed by atoms with E-state index in [-0.39, 0.29) is 31.1 Å². The summed E-state index contributed by atoms with van der Waals surface area (Å²) in [4.78, 5) is 38.3. The number of hydrogen-bond acceptors (Lipinski definition) is 6. The van der Waals surface area contributed by atoms with Gasteiger partial charge < -0.3 is 14.2 Å². The van der Waals surface area contributed by atoms with Crippen molar-refractivity contribution in [3.63, 3.8) is 0 Å². The van der Waals surface area contributed by atoms with Gasteiger partial charge in [-0.2, -0.15) is 0 Å². The molecule has 0 saturated carbocycles. The van der Waals surface area contributed by atoms with E-state index in [2.05, 4.69) is 154 Å². The monoisotopic (exact) mass is 1110 g/mol. The summed E-state index contributed by atoms with van der Waals surface area (Å²) in [5.41, 5.74) is 0. The Labute approximate surface area is 494 Å². The standard InChI is InChI=1S/C74H122O6/c1-4-7-10-13-16-19-22-25-27-29-31-33-34-35-36-37-38-39-40-42-43-45-47-49-52-55-58-61-64-67-73(76)79-70-71(69-78-72(75)66-63-60-57-54-51-24-21-18-15-12-9-6-3)80-74(77)68-65-62-59-56-53-50-48-46-44-41-32-30-28-26-23-20-17-14-11-8-5-2/h7,10,16,18-19,21,23,25-27,30-33,35-36,38-39,42-44,46,71H,4-6,8-9,11-15,17,20,22,24,28-29,34,37,40-41,45,47-70H2,1-3H3/b10-7-,19-16-,21-18-,26-23-,27-25-,32-30-,33-31-,36-35-,39-38-,43-42-,46-44-. The van der Waals surface area contributed by atoms with Crippen molar-refractivity contribution in [1.29, 1.82) is 0 Å². The first-order valence-corrected chi connectivity index (χ1v) is 33.2. The normalized spacial score (nSPS) is 13.0. The van der Waals surface area contributed by atoms with E-state index >= 15 is 0 Å². The molecule has 1 unspecified atom stereocenters. The summed E-state index contributed by atoms with van der Waals surface area (Å²) in [6, 6.07) is 0. The van der Waals surface area contributed by atoms with Crippen LogP contribution < -0.4 is 0 Å². The summed E-state index contributed by atoms with van der Waals surface area (Å²) < 4.78 is 16.9. The van der Waals surface area contributed by atoms with Crippen molar-refractivity contribution < 1.29 is 28.6 Å². The predicted octanol–water partition coefficient (Wildman–Crippen LogP) is 22.9. The van der Waals surface area contributed by atoms with E-state index in [4.69, 9.17) is 14.2 Å². The molecule has 0 radical (unpaired) electrons. The molecule has 0 spiro atoms. The molecule has 6 nitrogen and oxygen atoms in total. The minimum absolute atomic E-state index is 0.0941. The average Bonchev–Trinajstić information content (AvgIpc) is 3.46. The van der Waals surface area contributed by atoms with Gasteiger partial charge in [0.25, 0.3) is 0 Å². The summed E-state index contributed by atoms with van der Waals surface area (Å²) in [5.74, 6) is -0.924. The largest absolute Gasteiger partial charge is 0.462 e. The van der Waals surface area contributed by atoms with Crippen molar-refractivity contribution in [2.75, 3.05) is 13.2 Å². The van der Waals surface area contributed by atoms with Crippen LogP contribution in [0.25, 0.3) is 0 Å². The van der Waals surface area contributed by atoms with Gasteiger partial charge in [0, 0.05) is 19.3 Å². The molecule has 0 aliphatic heterocycles. The van der Waals surface area contributed by atoms with Gasteiger partial charge in [0.15, 0.2) is 6.10 Å². The molecule has 0 aromatic carbocycles. The lowest BCUT2D eigenvalue weighted by Gasteiger charge is -2.18. The van der Waals surface area contributed by atoms with Crippen LogP contribution in [0.3, 0.4) is 0 Å². The molecule has 0 bridgehead atoms. The Morgan fingerprint density at radius 2 is 0.487 bits per heavy atom. The van der Waals surface area contributed by atoms with Crippen LogP contribution in [-0.2, 0) is 28.6 Å². The third-order valence-corrected chi connectivity index (χ3v) is 13.9. The van der Waals surface area contributed by atoms with Crippen molar-refractivity contribution in [2.24, 2.45) is 0 Å². The van der Waals surface area contributed by atoms with E-state index in [1.807, 2.05) is 0 Å². The Morgan fingerprint density at radius 3 is 0.800 bits per heavy atom. The first-order valence-electron chi connectivity index (χ1n) is 33.2. The second-order valence-electron chi connectivity index (χ2n) is 21.6. The minimum Gasteiger partial charge on any atom is -0.462 e. The Morgan fingerprint density at radius 1 is 0.263 bits per heavy atom. The third kappa shape index (κ3) is 64.4. The Balaban J connectivity index is 4.36. The predicted molar refractivity (Wildman–Crippen MR) is 348 cm³/mol. The van der Waals surface area contributed by atoms with Crippen LogP contribution in [0.4, 0.5) is 0 Å². The van der Waals surface area contributed by atoms with Gasteiger partial charge in [-0.25, -0.2) is 0 Å². The van der Waals surface area contributed by atoms with Gasteiger partial charge >= 0.3 is 17.9 Å². The minimum atomic E-state index is -0.799. The Kier molecular flexibility index (Phi) is 63.3. The zero-order chi connectivity index (χ0) is 57.8. The maximum Gasteiger partial charge on any atom is 0.306 e. The summed E-state index contributed by atoms with van der Waals surface area (Å²) >= 11 is 0. The van der Waals surface area contributed by atoms with Gasteiger partial charge in [-0.1, -0.05) is 270 Å². The number of unbranched alkanes of at least 4 members (excludes halogenated alkanes) is 26. The lowest BCUT2D eigenvalue weighted by atomic mass is 10.1. The van der Waals surface area contributed by atoms with Crippen LogP contribution in [0, 0.1) is 0 Å². The number of hydrogen-bond donors (Lipinski definition) is 0. The number of carbonyl (C=O) groups is 3. The van der Waals surface area contributed by atoms with Crippen molar-refractivity contribution >= 4 is 17.9 Å². The van der Waals surface area contributed by atoms with Crippen LogP contribution >= 0.6 is 0 Å². The van der Waals surface area contributed by atoms with Crippen LogP contribution in [0.5, 0.6) is 0 Å².